The number of hydrogen-bond donors (Lipinski definition) is 1. The Balaban J connectivity index is 1.72. The summed E-state index contributed by atoms with van der Waals surface area (Å²) in [6.45, 7) is 0. The molecule has 1 aromatic heterocycles. The largest absolute Gasteiger partial charge is 0.310 e. The standard InChI is InChI=1S/C19H27FN2O/c20-16-11-12-17(21-13-16)22-19(23)18(14-7-3-1-4-8-14)15-9-5-2-6-10-15/h11-15,18H,1-10H2,(H,21,22,23). The van der Waals surface area contributed by atoms with E-state index in [9.17, 15) is 9.18 Å². The zero-order valence-electron chi connectivity index (χ0n) is 13.8. The summed E-state index contributed by atoms with van der Waals surface area (Å²) >= 11 is 0. The number of halogens is 1. The number of hydrogen-bond acceptors (Lipinski definition) is 2. The molecule has 23 heavy (non-hydrogen) atoms. The zero-order valence-corrected chi connectivity index (χ0v) is 13.8. The van der Waals surface area contributed by atoms with Gasteiger partial charge in [-0.15, -0.1) is 0 Å². The summed E-state index contributed by atoms with van der Waals surface area (Å²) in [5.41, 5.74) is 0. The van der Waals surface area contributed by atoms with Gasteiger partial charge in [0.2, 0.25) is 5.91 Å². The highest BCUT2D eigenvalue weighted by atomic mass is 19.1. The van der Waals surface area contributed by atoms with Crippen molar-refractivity contribution in [3.05, 3.63) is 24.1 Å². The van der Waals surface area contributed by atoms with Crippen LogP contribution in [0.15, 0.2) is 18.3 Å². The Labute approximate surface area is 138 Å². The van der Waals surface area contributed by atoms with E-state index in [1.165, 1.54) is 70.3 Å². The molecule has 0 radical (unpaired) electrons. The lowest BCUT2D eigenvalue weighted by Gasteiger charge is -2.36. The van der Waals surface area contributed by atoms with Gasteiger partial charge in [-0.25, -0.2) is 9.37 Å². The Hall–Kier alpha value is -1.45. The van der Waals surface area contributed by atoms with Crippen LogP contribution >= 0.6 is 0 Å². The number of aromatic nitrogens is 1. The van der Waals surface area contributed by atoms with Gasteiger partial charge in [0.25, 0.3) is 0 Å². The van der Waals surface area contributed by atoms with Crippen molar-refractivity contribution in [2.45, 2.75) is 64.2 Å². The molecule has 3 rings (SSSR count). The van der Waals surface area contributed by atoms with Gasteiger partial charge >= 0.3 is 0 Å². The molecule has 3 nitrogen and oxygen atoms in total. The fraction of sp³-hybridized carbons (Fsp3) is 0.684. The molecular weight excluding hydrogens is 291 g/mol. The molecule has 1 amide bonds. The van der Waals surface area contributed by atoms with E-state index in [4.69, 9.17) is 0 Å². The molecule has 0 bridgehead atoms. The normalized spacial score (nSPS) is 20.6. The third kappa shape index (κ3) is 4.30. The van der Waals surface area contributed by atoms with Crippen molar-refractivity contribution in [2.75, 3.05) is 5.32 Å². The number of rotatable bonds is 4. The van der Waals surface area contributed by atoms with Crippen molar-refractivity contribution in [2.24, 2.45) is 17.8 Å². The van der Waals surface area contributed by atoms with Crippen molar-refractivity contribution < 1.29 is 9.18 Å². The second-order valence-corrected chi connectivity index (χ2v) is 7.17. The van der Waals surface area contributed by atoms with Crippen LogP contribution in [0.25, 0.3) is 0 Å². The second-order valence-electron chi connectivity index (χ2n) is 7.17. The van der Waals surface area contributed by atoms with Crippen LogP contribution in [-0.4, -0.2) is 10.9 Å². The molecular formula is C19H27FN2O. The van der Waals surface area contributed by atoms with Gasteiger partial charge < -0.3 is 5.32 Å². The van der Waals surface area contributed by atoms with Crippen molar-refractivity contribution in [3.63, 3.8) is 0 Å². The van der Waals surface area contributed by atoms with Gasteiger partial charge in [0.1, 0.15) is 11.6 Å². The molecule has 1 aromatic rings. The minimum atomic E-state index is -0.376. The minimum Gasteiger partial charge on any atom is -0.310 e. The van der Waals surface area contributed by atoms with E-state index in [1.807, 2.05) is 0 Å². The maximum Gasteiger partial charge on any atom is 0.229 e. The molecule has 0 saturated heterocycles. The van der Waals surface area contributed by atoms with E-state index >= 15 is 0 Å². The van der Waals surface area contributed by atoms with E-state index in [0.29, 0.717) is 17.7 Å². The number of pyridine rings is 1. The lowest BCUT2D eigenvalue weighted by atomic mass is 9.69. The third-order valence-electron chi connectivity index (χ3n) is 5.60. The monoisotopic (exact) mass is 318 g/mol. The number of anilines is 1. The molecule has 4 heteroatoms. The van der Waals surface area contributed by atoms with E-state index in [1.54, 1.807) is 6.07 Å². The summed E-state index contributed by atoms with van der Waals surface area (Å²) in [5, 5.41) is 2.95. The van der Waals surface area contributed by atoms with Gasteiger partial charge in [-0.2, -0.15) is 0 Å². The van der Waals surface area contributed by atoms with E-state index in [0.717, 1.165) is 6.20 Å². The maximum atomic E-state index is 13.0. The Morgan fingerprint density at radius 2 is 1.57 bits per heavy atom. The minimum absolute atomic E-state index is 0.0995. The van der Waals surface area contributed by atoms with Gasteiger partial charge in [-0.3, -0.25) is 4.79 Å². The van der Waals surface area contributed by atoms with Crippen LogP contribution in [-0.2, 0) is 4.79 Å². The van der Waals surface area contributed by atoms with Crippen LogP contribution in [0, 0.1) is 23.6 Å². The van der Waals surface area contributed by atoms with E-state index in [2.05, 4.69) is 10.3 Å². The van der Waals surface area contributed by atoms with Crippen molar-refractivity contribution in [1.29, 1.82) is 0 Å². The topological polar surface area (TPSA) is 42.0 Å². The SMILES string of the molecule is O=C(Nc1ccc(F)cn1)C(C1CCCCC1)C1CCCCC1. The predicted octanol–water partition coefficient (Wildman–Crippen LogP) is 4.94. The number of nitrogens with zero attached hydrogens (tertiary/aromatic N) is 1. The lowest BCUT2D eigenvalue weighted by Crippen LogP contribution is -2.37. The molecule has 2 aliphatic carbocycles. The molecule has 2 fully saturated rings. The first-order valence-electron chi connectivity index (χ1n) is 9.16. The highest BCUT2D eigenvalue weighted by Gasteiger charge is 2.36. The first-order chi connectivity index (χ1) is 11.2. The molecule has 2 aliphatic rings. The van der Waals surface area contributed by atoms with E-state index < -0.39 is 0 Å². The summed E-state index contributed by atoms with van der Waals surface area (Å²) in [6.07, 6.45) is 13.4. The summed E-state index contributed by atoms with van der Waals surface area (Å²) < 4.78 is 13.0. The first-order valence-corrected chi connectivity index (χ1v) is 9.16. The van der Waals surface area contributed by atoms with Crippen molar-refractivity contribution in [1.82, 2.24) is 4.98 Å². The molecule has 1 N–H and O–H groups in total. The third-order valence-corrected chi connectivity index (χ3v) is 5.60. The van der Waals surface area contributed by atoms with Crippen LogP contribution in [0.4, 0.5) is 10.2 Å². The highest BCUT2D eigenvalue weighted by molar-refractivity contribution is 5.92. The van der Waals surface area contributed by atoms with Crippen molar-refractivity contribution in [3.8, 4) is 0 Å². The Morgan fingerprint density at radius 1 is 1.00 bits per heavy atom. The number of nitrogens with one attached hydrogen (secondary N) is 1. The van der Waals surface area contributed by atoms with Gasteiger partial charge in [-0.05, 0) is 49.7 Å². The average Bonchev–Trinajstić information content (AvgIpc) is 2.59. The van der Waals surface area contributed by atoms with Crippen LogP contribution in [0.5, 0.6) is 0 Å². The lowest BCUT2D eigenvalue weighted by molar-refractivity contribution is -0.124. The zero-order chi connectivity index (χ0) is 16.1. The second kappa shape index (κ2) is 7.89. The maximum absolute atomic E-state index is 13.0. The van der Waals surface area contributed by atoms with E-state index in [-0.39, 0.29) is 17.6 Å². The number of amides is 1. The average molecular weight is 318 g/mol. The van der Waals surface area contributed by atoms with Crippen LogP contribution < -0.4 is 5.32 Å². The molecule has 2 saturated carbocycles. The fourth-order valence-electron chi connectivity index (χ4n) is 4.46. The molecule has 0 aliphatic heterocycles. The van der Waals surface area contributed by atoms with Gasteiger partial charge in [0, 0.05) is 5.92 Å². The molecule has 0 spiro atoms. The summed E-state index contributed by atoms with van der Waals surface area (Å²) in [4.78, 5) is 16.9. The molecule has 0 aromatic carbocycles. The summed E-state index contributed by atoms with van der Waals surface area (Å²) in [6, 6.07) is 2.89. The van der Waals surface area contributed by atoms with Gasteiger partial charge in [0.05, 0.1) is 6.20 Å². The summed E-state index contributed by atoms with van der Waals surface area (Å²) in [7, 11) is 0. The van der Waals surface area contributed by atoms with Crippen molar-refractivity contribution >= 4 is 11.7 Å². The fourth-order valence-corrected chi connectivity index (χ4v) is 4.46. The Bertz CT molecular complexity index is 487. The Morgan fingerprint density at radius 3 is 2.04 bits per heavy atom. The number of carbonyl (C=O) groups is 1. The summed E-state index contributed by atoms with van der Waals surface area (Å²) in [5.74, 6) is 1.30. The van der Waals surface area contributed by atoms with Gasteiger partial charge in [0.15, 0.2) is 0 Å². The molecule has 1 heterocycles. The smallest absolute Gasteiger partial charge is 0.229 e. The van der Waals surface area contributed by atoms with Crippen LogP contribution in [0.3, 0.4) is 0 Å². The molecule has 0 unspecified atom stereocenters. The molecule has 0 atom stereocenters. The van der Waals surface area contributed by atoms with Crippen LogP contribution in [0.1, 0.15) is 64.2 Å². The quantitative estimate of drug-likeness (QED) is 0.854. The first kappa shape index (κ1) is 16.4. The van der Waals surface area contributed by atoms with Crippen LogP contribution in [0.2, 0.25) is 0 Å². The highest BCUT2D eigenvalue weighted by Crippen LogP contribution is 2.40. The predicted molar refractivity (Wildman–Crippen MR) is 89.5 cm³/mol. The number of carbonyl (C=O) groups excluding carboxylic acids is 1. The van der Waals surface area contributed by atoms with Gasteiger partial charge in [-0.1, -0.05) is 38.5 Å². The Kier molecular flexibility index (Phi) is 5.63. The molecule has 126 valence electrons.